The van der Waals surface area contributed by atoms with Gasteiger partial charge in [0.2, 0.25) is 16.9 Å². The molecule has 0 unspecified atom stereocenters. The Labute approximate surface area is 202 Å². The van der Waals surface area contributed by atoms with E-state index in [0.29, 0.717) is 25.9 Å². The number of nitrogens with zero attached hydrogens (tertiary/aromatic N) is 2. The third kappa shape index (κ3) is 7.35. The highest BCUT2D eigenvalue weighted by molar-refractivity contribution is 8.01. The van der Waals surface area contributed by atoms with E-state index in [0.717, 1.165) is 31.6 Å². The molecule has 0 atom stereocenters. The first kappa shape index (κ1) is 24.8. The molecule has 1 aliphatic carbocycles. The van der Waals surface area contributed by atoms with E-state index in [2.05, 4.69) is 27.8 Å². The first-order valence-electron chi connectivity index (χ1n) is 10.9. The van der Waals surface area contributed by atoms with Crippen LogP contribution < -0.4 is 15.4 Å². The maximum absolute atomic E-state index is 12.6. The number of rotatable bonds is 10. The van der Waals surface area contributed by atoms with Crippen LogP contribution in [0.2, 0.25) is 5.02 Å². The Morgan fingerprint density at radius 1 is 1.22 bits per heavy atom. The smallest absolute Gasteiger partial charge is 0.234 e. The summed E-state index contributed by atoms with van der Waals surface area (Å²) in [5.74, 6) is 1.31. The molecule has 2 aromatic rings. The van der Waals surface area contributed by atoms with E-state index in [4.69, 9.17) is 16.3 Å². The van der Waals surface area contributed by atoms with E-state index in [9.17, 15) is 9.59 Å². The molecule has 0 aliphatic heterocycles. The summed E-state index contributed by atoms with van der Waals surface area (Å²) in [5.41, 5.74) is 0.514. The normalized spacial score (nSPS) is 18.2. The molecular weight excluding hydrogens is 468 g/mol. The predicted octanol–water partition coefficient (Wildman–Crippen LogP) is 5.87. The van der Waals surface area contributed by atoms with Crippen molar-refractivity contribution in [3.05, 3.63) is 23.2 Å². The third-order valence-electron chi connectivity index (χ3n) is 5.58. The van der Waals surface area contributed by atoms with Gasteiger partial charge in [-0.05, 0) is 49.8 Å². The number of halogens is 1. The highest BCUT2D eigenvalue weighted by Crippen LogP contribution is 2.33. The molecule has 0 radical (unpaired) electrons. The molecule has 1 aliphatic rings. The van der Waals surface area contributed by atoms with Crippen molar-refractivity contribution in [1.82, 2.24) is 10.2 Å². The quantitative estimate of drug-likeness (QED) is 0.316. The molecule has 0 spiro atoms. The molecule has 2 amide bonds. The van der Waals surface area contributed by atoms with E-state index < -0.39 is 0 Å². The lowest BCUT2D eigenvalue weighted by molar-refractivity contribution is -0.121. The average Bonchev–Trinajstić information content (AvgIpc) is 3.24. The Bertz CT molecular complexity index is 916. The number of hydrogen-bond donors (Lipinski definition) is 2. The summed E-state index contributed by atoms with van der Waals surface area (Å²) in [6.07, 6.45) is 7.91. The van der Waals surface area contributed by atoms with Crippen LogP contribution >= 0.6 is 34.7 Å². The Morgan fingerprint density at radius 2 is 2.00 bits per heavy atom. The molecule has 3 rings (SSSR count). The number of unbranched alkanes of at least 4 members (excludes halogenated alkanes) is 1. The molecule has 0 saturated heterocycles. The van der Waals surface area contributed by atoms with Crippen LogP contribution in [0.25, 0.3) is 0 Å². The summed E-state index contributed by atoms with van der Waals surface area (Å²) in [5, 5.41) is 14.8. The minimum Gasteiger partial charge on any atom is -0.495 e. The van der Waals surface area contributed by atoms with Gasteiger partial charge in [0, 0.05) is 10.9 Å². The summed E-state index contributed by atoms with van der Waals surface area (Å²) < 4.78 is 5.86. The molecule has 7 nitrogen and oxygen atoms in total. The van der Waals surface area contributed by atoms with Gasteiger partial charge in [-0.25, -0.2) is 0 Å². The van der Waals surface area contributed by atoms with Gasteiger partial charge < -0.3 is 15.4 Å². The van der Waals surface area contributed by atoms with E-state index in [-0.39, 0.29) is 23.5 Å². The molecule has 1 aromatic carbocycles. The zero-order chi connectivity index (χ0) is 22.9. The van der Waals surface area contributed by atoms with Crippen LogP contribution in [0.1, 0.15) is 51.9 Å². The van der Waals surface area contributed by atoms with Gasteiger partial charge >= 0.3 is 0 Å². The topological polar surface area (TPSA) is 93.2 Å². The molecule has 32 heavy (non-hydrogen) atoms. The zero-order valence-electron chi connectivity index (χ0n) is 18.4. The van der Waals surface area contributed by atoms with Gasteiger partial charge in [0.1, 0.15) is 5.75 Å². The van der Waals surface area contributed by atoms with Gasteiger partial charge in [-0.3, -0.25) is 9.59 Å². The highest BCUT2D eigenvalue weighted by atomic mass is 35.5. The van der Waals surface area contributed by atoms with Gasteiger partial charge in [-0.15, -0.1) is 10.2 Å². The summed E-state index contributed by atoms with van der Waals surface area (Å²) >= 11 is 8.54. The van der Waals surface area contributed by atoms with E-state index in [1.165, 1.54) is 49.5 Å². The number of carbonyl (C=O) groups excluding carboxylic acids is 2. The summed E-state index contributed by atoms with van der Waals surface area (Å²) in [4.78, 5) is 24.9. The maximum Gasteiger partial charge on any atom is 0.234 e. The fourth-order valence-electron chi connectivity index (χ4n) is 3.82. The van der Waals surface area contributed by atoms with Crippen molar-refractivity contribution in [3.63, 3.8) is 0 Å². The SMILES string of the molecule is CCCCC1CCC(C(=O)Nc2nnc(SCC(=O)Nc3cc(Cl)ccc3OC)s2)CC1. The predicted molar refractivity (Wildman–Crippen MR) is 131 cm³/mol. The van der Waals surface area contributed by atoms with Gasteiger partial charge in [-0.2, -0.15) is 0 Å². The number of nitrogens with one attached hydrogen (secondary N) is 2. The largest absolute Gasteiger partial charge is 0.495 e. The summed E-state index contributed by atoms with van der Waals surface area (Å²) in [6.45, 7) is 2.22. The van der Waals surface area contributed by atoms with Crippen LogP contribution in [0.4, 0.5) is 10.8 Å². The molecule has 0 bridgehead atoms. The van der Waals surface area contributed by atoms with Crippen LogP contribution in [0.15, 0.2) is 22.5 Å². The molecule has 174 valence electrons. The molecule has 1 aromatic heterocycles. The van der Waals surface area contributed by atoms with E-state index in [1.54, 1.807) is 18.2 Å². The molecular formula is C22H29ClN4O3S2. The number of hydrogen-bond acceptors (Lipinski definition) is 7. The highest BCUT2D eigenvalue weighted by Gasteiger charge is 2.26. The first-order chi connectivity index (χ1) is 15.5. The van der Waals surface area contributed by atoms with Crippen LogP contribution in [-0.4, -0.2) is 34.9 Å². The van der Waals surface area contributed by atoms with Crippen molar-refractivity contribution in [2.75, 3.05) is 23.5 Å². The molecule has 2 N–H and O–H groups in total. The number of carbonyl (C=O) groups is 2. The maximum atomic E-state index is 12.6. The monoisotopic (exact) mass is 496 g/mol. The number of benzene rings is 1. The number of ether oxygens (including phenoxy) is 1. The van der Waals surface area contributed by atoms with E-state index >= 15 is 0 Å². The first-order valence-corrected chi connectivity index (χ1v) is 13.1. The van der Waals surface area contributed by atoms with Crippen LogP contribution in [0.5, 0.6) is 5.75 Å². The van der Waals surface area contributed by atoms with Gasteiger partial charge in [0.25, 0.3) is 0 Å². The Hall–Kier alpha value is -1.84. The number of anilines is 2. The lowest BCUT2D eigenvalue weighted by atomic mass is 9.79. The standard InChI is InChI=1S/C22H29ClN4O3S2/c1-3-4-5-14-6-8-15(9-7-14)20(29)25-21-26-27-22(32-21)31-13-19(28)24-17-12-16(23)10-11-18(17)30-2/h10-12,14-15H,3-9,13H2,1-2H3,(H,24,28)(H,25,26,29). The Balaban J connectivity index is 1.43. The molecule has 1 heterocycles. The second-order valence-corrected chi connectivity index (χ2v) is 10.5. The average molecular weight is 497 g/mol. The number of amides is 2. The minimum absolute atomic E-state index is 0.0254. The van der Waals surface area contributed by atoms with Gasteiger partial charge in [0.15, 0.2) is 4.34 Å². The molecule has 1 saturated carbocycles. The second-order valence-electron chi connectivity index (χ2n) is 7.90. The lowest BCUT2D eigenvalue weighted by Crippen LogP contribution is -2.27. The second kappa shape index (κ2) is 12.4. The van der Waals surface area contributed by atoms with Gasteiger partial charge in [-0.1, -0.05) is 60.9 Å². The van der Waals surface area contributed by atoms with Crippen molar-refractivity contribution in [2.45, 2.75) is 56.2 Å². The Kier molecular flexibility index (Phi) is 9.62. The van der Waals surface area contributed by atoms with Crippen LogP contribution in [-0.2, 0) is 9.59 Å². The number of aromatic nitrogens is 2. The molecule has 10 heteroatoms. The summed E-state index contributed by atoms with van der Waals surface area (Å²) in [6, 6.07) is 5.03. The Morgan fingerprint density at radius 3 is 2.72 bits per heavy atom. The minimum atomic E-state index is -0.212. The number of methoxy groups -OCH3 is 1. The number of thioether (sulfide) groups is 1. The van der Waals surface area contributed by atoms with Crippen molar-refractivity contribution in [2.24, 2.45) is 11.8 Å². The van der Waals surface area contributed by atoms with Gasteiger partial charge in [0.05, 0.1) is 18.6 Å². The fraction of sp³-hybridized carbons (Fsp3) is 0.545. The molecule has 1 fully saturated rings. The zero-order valence-corrected chi connectivity index (χ0v) is 20.7. The van der Waals surface area contributed by atoms with Crippen molar-refractivity contribution in [1.29, 1.82) is 0 Å². The van der Waals surface area contributed by atoms with Crippen molar-refractivity contribution >= 4 is 57.3 Å². The van der Waals surface area contributed by atoms with Crippen molar-refractivity contribution in [3.8, 4) is 5.75 Å². The van der Waals surface area contributed by atoms with Crippen LogP contribution in [0.3, 0.4) is 0 Å². The lowest BCUT2D eigenvalue weighted by Gasteiger charge is -2.27. The van der Waals surface area contributed by atoms with E-state index in [1.807, 2.05) is 0 Å². The van der Waals surface area contributed by atoms with Crippen molar-refractivity contribution < 1.29 is 14.3 Å². The summed E-state index contributed by atoms with van der Waals surface area (Å²) in [7, 11) is 1.53. The fourth-order valence-corrected chi connectivity index (χ4v) is 5.55. The van der Waals surface area contributed by atoms with Crippen LogP contribution in [0, 0.1) is 11.8 Å². The third-order valence-corrected chi connectivity index (χ3v) is 7.79.